The second-order valence-corrected chi connectivity index (χ2v) is 5.20. The predicted octanol–water partition coefficient (Wildman–Crippen LogP) is 2.75. The third-order valence-corrected chi connectivity index (χ3v) is 3.53. The van der Waals surface area contributed by atoms with E-state index in [1.54, 1.807) is 20.1 Å². The van der Waals surface area contributed by atoms with Crippen molar-refractivity contribution in [2.75, 3.05) is 40.4 Å². The smallest absolute Gasteiger partial charge is 0.126 e. The molecule has 0 heterocycles. The Kier molecular flexibility index (Phi) is 7.73. The summed E-state index contributed by atoms with van der Waals surface area (Å²) in [5, 5.41) is 3.43. The number of nitrogens with one attached hydrogen (secondary N) is 1. The van der Waals surface area contributed by atoms with Crippen molar-refractivity contribution in [3.8, 4) is 0 Å². The van der Waals surface area contributed by atoms with E-state index in [0.29, 0.717) is 5.56 Å². The van der Waals surface area contributed by atoms with E-state index < -0.39 is 0 Å². The van der Waals surface area contributed by atoms with Gasteiger partial charge in [-0.1, -0.05) is 19.1 Å². The maximum absolute atomic E-state index is 13.7. The third-order valence-electron chi connectivity index (χ3n) is 3.53. The van der Waals surface area contributed by atoms with Crippen LogP contribution in [0.2, 0.25) is 0 Å². The van der Waals surface area contributed by atoms with Crippen LogP contribution in [0.1, 0.15) is 30.5 Å². The highest BCUT2D eigenvalue weighted by atomic mass is 19.1. The Hall–Kier alpha value is -0.970. The molecule has 0 aromatic heterocycles. The molecule has 0 saturated carbocycles. The molecule has 0 bridgehead atoms. The summed E-state index contributed by atoms with van der Waals surface area (Å²) in [5.41, 5.74) is 1.72. The molecular formula is C16H27FN2O. The molecular weight excluding hydrogens is 255 g/mol. The molecule has 1 atom stereocenters. The van der Waals surface area contributed by atoms with Crippen molar-refractivity contribution in [3.63, 3.8) is 0 Å². The molecule has 0 aliphatic heterocycles. The van der Waals surface area contributed by atoms with Gasteiger partial charge in [-0.05, 0) is 50.7 Å². The highest BCUT2D eigenvalue weighted by molar-refractivity contribution is 5.25. The van der Waals surface area contributed by atoms with Gasteiger partial charge in [0.05, 0.1) is 6.61 Å². The molecule has 3 nitrogen and oxygen atoms in total. The van der Waals surface area contributed by atoms with Gasteiger partial charge in [-0.25, -0.2) is 4.39 Å². The number of methoxy groups -OCH3 is 1. The maximum Gasteiger partial charge on any atom is 0.126 e. The summed E-state index contributed by atoms with van der Waals surface area (Å²) in [6, 6.07) is 5.71. The van der Waals surface area contributed by atoms with Gasteiger partial charge in [0.2, 0.25) is 0 Å². The van der Waals surface area contributed by atoms with Crippen LogP contribution in [0.25, 0.3) is 0 Å². The second kappa shape index (κ2) is 9.06. The lowest BCUT2D eigenvalue weighted by atomic mass is 10.0. The molecule has 1 aromatic rings. The van der Waals surface area contributed by atoms with Crippen LogP contribution in [-0.4, -0.2) is 45.3 Å². The van der Waals surface area contributed by atoms with Crippen LogP contribution in [0.4, 0.5) is 4.39 Å². The van der Waals surface area contributed by atoms with Crippen molar-refractivity contribution < 1.29 is 9.13 Å². The Bertz CT molecular complexity index is 398. The Balaban J connectivity index is 2.61. The molecule has 0 amide bonds. The van der Waals surface area contributed by atoms with Crippen molar-refractivity contribution >= 4 is 0 Å². The van der Waals surface area contributed by atoms with Crippen LogP contribution >= 0.6 is 0 Å². The lowest BCUT2D eigenvalue weighted by Gasteiger charge is -2.23. The van der Waals surface area contributed by atoms with Gasteiger partial charge in [-0.2, -0.15) is 0 Å². The van der Waals surface area contributed by atoms with Crippen molar-refractivity contribution in [2.24, 2.45) is 0 Å². The number of benzene rings is 1. The van der Waals surface area contributed by atoms with Gasteiger partial charge >= 0.3 is 0 Å². The zero-order valence-corrected chi connectivity index (χ0v) is 13.1. The number of rotatable bonds is 9. The number of likely N-dealkylation sites (N-methyl/N-ethyl adjacent to an activating group) is 1. The molecule has 0 aliphatic rings. The van der Waals surface area contributed by atoms with Gasteiger partial charge in [-0.15, -0.1) is 0 Å². The molecule has 1 N–H and O–H groups in total. The van der Waals surface area contributed by atoms with E-state index >= 15 is 0 Å². The first-order valence-corrected chi connectivity index (χ1v) is 7.25. The number of hydrogen-bond donors (Lipinski definition) is 1. The minimum Gasteiger partial charge on any atom is -0.383 e. The van der Waals surface area contributed by atoms with Gasteiger partial charge in [0, 0.05) is 19.7 Å². The largest absolute Gasteiger partial charge is 0.383 e. The zero-order valence-electron chi connectivity index (χ0n) is 13.1. The van der Waals surface area contributed by atoms with E-state index in [9.17, 15) is 4.39 Å². The van der Waals surface area contributed by atoms with Gasteiger partial charge < -0.3 is 15.0 Å². The quantitative estimate of drug-likeness (QED) is 0.754. The van der Waals surface area contributed by atoms with Gasteiger partial charge in [0.1, 0.15) is 5.82 Å². The first-order chi connectivity index (χ1) is 9.58. The molecule has 1 rings (SSSR count). The Labute approximate surface area is 122 Å². The van der Waals surface area contributed by atoms with E-state index in [-0.39, 0.29) is 11.9 Å². The molecule has 114 valence electrons. The summed E-state index contributed by atoms with van der Waals surface area (Å²) in [5.74, 6) is -0.127. The SMILES string of the molecule is CCNC(CCN(C)CCOC)c1ccc(C)c(F)c1. The molecule has 0 aliphatic carbocycles. The maximum atomic E-state index is 13.7. The van der Waals surface area contributed by atoms with Crippen LogP contribution in [0.3, 0.4) is 0 Å². The molecule has 0 spiro atoms. The highest BCUT2D eigenvalue weighted by Gasteiger charge is 2.12. The summed E-state index contributed by atoms with van der Waals surface area (Å²) in [6.45, 7) is 7.35. The van der Waals surface area contributed by atoms with Gasteiger partial charge in [0.15, 0.2) is 0 Å². The lowest BCUT2D eigenvalue weighted by Crippen LogP contribution is -2.29. The van der Waals surface area contributed by atoms with Crippen LogP contribution in [0.5, 0.6) is 0 Å². The van der Waals surface area contributed by atoms with E-state index in [1.807, 2.05) is 12.1 Å². The molecule has 1 unspecified atom stereocenters. The molecule has 20 heavy (non-hydrogen) atoms. The fourth-order valence-electron chi connectivity index (χ4n) is 2.17. The summed E-state index contributed by atoms with van der Waals surface area (Å²) in [6.07, 6.45) is 0.955. The Morgan fingerprint density at radius 2 is 2.10 bits per heavy atom. The number of aryl methyl sites for hydroxylation is 1. The standard InChI is InChI=1S/C16H27FN2O/c1-5-18-16(8-9-19(3)10-11-20-4)14-7-6-13(2)15(17)12-14/h6-7,12,16,18H,5,8-11H2,1-4H3. The normalized spacial score (nSPS) is 12.9. The summed E-state index contributed by atoms with van der Waals surface area (Å²) < 4.78 is 18.8. The van der Waals surface area contributed by atoms with Crippen molar-refractivity contribution in [1.29, 1.82) is 0 Å². The molecule has 0 saturated heterocycles. The van der Waals surface area contributed by atoms with Crippen molar-refractivity contribution in [1.82, 2.24) is 10.2 Å². The van der Waals surface area contributed by atoms with Crippen LogP contribution < -0.4 is 5.32 Å². The fraction of sp³-hybridized carbons (Fsp3) is 0.625. The number of hydrogen-bond acceptors (Lipinski definition) is 3. The van der Waals surface area contributed by atoms with Crippen molar-refractivity contribution in [2.45, 2.75) is 26.3 Å². The van der Waals surface area contributed by atoms with E-state index in [4.69, 9.17) is 4.74 Å². The number of halogens is 1. The minimum absolute atomic E-state index is 0.127. The lowest BCUT2D eigenvalue weighted by molar-refractivity contribution is 0.159. The average molecular weight is 282 g/mol. The Morgan fingerprint density at radius 1 is 1.35 bits per heavy atom. The topological polar surface area (TPSA) is 24.5 Å². The number of nitrogens with zero attached hydrogens (tertiary/aromatic N) is 1. The van der Waals surface area contributed by atoms with Gasteiger partial charge in [0.25, 0.3) is 0 Å². The molecule has 4 heteroatoms. The number of ether oxygens (including phenoxy) is 1. The van der Waals surface area contributed by atoms with Crippen molar-refractivity contribution in [3.05, 3.63) is 35.1 Å². The summed E-state index contributed by atoms with van der Waals surface area (Å²) in [4.78, 5) is 2.23. The van der Waals surface area contributed by atoms with E-state index in [2.05, 4.69) is 24.2 Å². The highest BCUT2D eigenvalue weighted by Crippen LogP contribution is 2.19. The zero-order chi connectivity index (χ0) is 15.0. The first kappa shape index (κ1) is 17.1. The van der Waals surface area contributed by atoms with Gasteiger partial charge in [-0.3, -0.25) is 0 Å². The predicted molar refractivity (Wildman–Crippen MR) is 81.5 cm³/mol. The Morgan fingerprint density at radius 3 is 2.70 bits per heavy atom. The van der Waals surface area contributed by atoms with Crippen LogP contribution in [0, 0.1) is 12.7 Å². The molecule has 1 aromatic carbocycles. The molecule has 0 radical (unpaired) electrons. The van der Waals surface area contributed by atoms with Crippen LogP contribution in [-0.2, 0) is 4.74 Å². The summed E-state index contributed by atoms with van der Waals surface area (Å²) in [7, 11) is 3.79. The van der Waals surface area contributed by atoms with Crippen LogP contribution in [0.15, 0.2) is 18.2 Å². The molecule has 0 fully saturated rings. The fourth-order valence-corrected chi connectivity index (χ4v) is 2.17. The third kappa shape index (κ3) is 5.57. The first-order valence-electron chi connectivity index (χ1n) is 7.25. The average Bonchev–Trinajstić information content (AvgIpc) is 2.44. The second-order valence-electron chi connectivity index (χ2n) is 5.20. The minimum atomic E-state index is -0.127. The van der Waals surface area contributed by atoms with E-state index in [0.717, 1.165) is 38.2 Å². The van der Waals surface area contributed by atoms with E-state index in [1.165, 1.54) is 0 Å². The summed E-state index contributed by atoms with van der Waals surface area (Å²) >= 11 is 0. The monoisotopic (exact) mass is 282 g/mol.